The molecule has 0 aliphatic rings. The minimum atomic E-state index is -3.85. The molecule has 2 rings (SSSR count). The average molecular weight is 492 g/mol. The highest BCUT2D eigenvalue weighted by Gasteiger charge is 2.31. The maximum atomic E-state index is 13.5. The Hall–Kier alpha value is -3.27. The minimum Gasteiger partial charge on any atom is -0.497 e. The molecule has 34 heavy (non-hydrogen) atoms. The fourth-order valence-electron chi connectivity index (χ4n) is 3.46. The van der Waals surface area contributed by atoms with E-state index >= 15 is 0 Å². The van der Waals surface area contributed by atoms with Gasteiger partial charge in [-0.3, -0.25) is 13.9 Å². The number of nitrogens with one attached hydrogen (secondary N) is 1. The molecule has 1 unspecified atom stereocenters. The van der Waals surface area contributed by atoms with Gasteiger partial charge in [0.15, 0.2) is 0 Å². The lowest BCUT2D eigenvalue weighted by Gasteiger charge is -2.32. The molecule has 0 bridgehead atoms. The SMILES string of the molecule is CCNC(=O)C(C)N(Cc1cccc(OC)c1)C(=O)CN(c1cc(C)ccc1OC)S(C)(=O)=O. The Morgan fingerprint density at radius 1 is 1.09 bits per heavy atom. The zero-order valence-corrected chi connectivity index (χ0v) is 21.3. The first-order valence-corrected chi connectivity index (χ1v) is 12.7. The molecule has 0 heterocycles. The number of hydrogen-bond acceptors (Lipinski definition) is 6. The highest BCUT2D eigenvalue weighted by Crippen LogP contribution is 2.31. The molecule has 2 aromatic carbocycles. The third-order valence-corrected chi connectivity index (χ3v) is 6.41. The first-order chi connectivity index (χ1) is 16.0. The van der Waals surface area contributed by atoms with Gasteiger partial charge in [0.1, 0.15) is 24.1 Å². The summed E-state index contributed by atoms with van der Waals surface area (Å²) in [6.07, 6.45) is 1.03. The Balaban J connectivity index is 2.47. The quantitative estimate of drug-likeness (QED) is 0.517. The van der Waals surface area contributed by atoms with E-state index < -0.39 is 28.5 Å². The molecule has 2 aromatic rings. The van der Waals surface area contributed by atoms with E-state index in [0.29, 0.717) is 18.0 Å². The number of aryl methyl sites for hydroxylation is 1. The largest absolute Gasteiger partial charge is 0.497 e. The number of nitrogens with zero attached hydrogens (tertiary/aromatic N) is 2. The lowest BCUT2D eigenvalue weighted by Crippen LogP contribution is -2.51. The number of amides is 2. The number of methoxy groups -OCH3 is 2. The van der Waals surface area contributed by atoms with Crippen molar-refractivity contribution in [1.82, 2.24) is 10.2 Å². The summed E-state index contributed by atoms with van der Waals surface area (Å²) in [5, 5.41) is 2.72. The first-order valence-electron chi connectivity index (χ1n) is 10.8. The van der Waals surface area contributed by atoms with Gasteiger partial charge in [-0.2, -0.15) is 0 Å². The second-order valence-corrected chi connectivity index (χ2v) is 9.80. The molecule has 186 valence electrons. The topological polar surface area (TPSA) is 105 Å². The second-order valence-electron chi connectivity index (χ2n) is 7.89. The summed E-state index contributed by atoms with van der Waals surface area (Å²) in [4.78, 5) is 27.5. The summed E-state index contributed by atoms with van der Waals surface area (Å²) in [7, 11) is -0.877. The molecule has 9 nitrogen and oxygen atoms in total. The van der Waals surface area contributed by atoms with E-state index in [4.69, 9.17) is 9.47 Å². The van der Waals surface area contributed by atoms with E-state index in [1.807, 2.05) is 13.0 Å². The molecular formula is C24H33N3O6S. The van der Waals surface area contributed by atoms with E-state index in [9.17, 15) is 18.0 Å². The normalized spacial score (nSPS) is 11.9. The van der Waals surface area contributed by atoms with Crippen LogP contribution in [0.4, 0.5) is 5.69 Å². The zero-order chi connectivity index (χ0) is 25.5. The van der Waals surface area contributed by atoms with Crippen molar-refractivity contribution in [2.24, 2.45) is 0 Å². The van der Waals surface area contributed by atoms with Crippen molar-refractivity contribution in [3.05, 3.63) is 53.6 Å². The van der Waals surface area contributed by atoms with Crippen molar-refractivity contribution in [1.29, 1.82) is 0 Å². The predicted molar refractivity (Wildman–Crippen MR) is 132 cm³/mol. The van der Waals surface area contributed by atoms with Gasteiger partial charge in [-0.1, -0.05) is 18.2 Å². The molecule has 0 saturated carbocycles. The van der Waals surface area contributed by atoms with E-state index in [0.717, 1.165) is 21.7 Å². The van der Waals surface area contributed by atoms with Gasteiger partial charge < -0.3 is 19.7 Å². The highest BCUT2D eigenvalue weighted by molar-refractivity contribution is 7.92. The van der Waals surface area contributed by atoms with Gasteiger partial charge in [0.2, 0.25) is 21.8 Å². The minimum absolute atomic E-state index is 0.0941. The summed E-state index contributed by atoms with van der Waals surface area (Å²) >= 11 is 0. The fourth-order valence-corrected chi connectivity index (χ4v) is 4.31. The summed E-state index contributed by atoms with van der Waals surface area (Å²) in [6.45, 7) is 5.22. The number of sulfonamides is 1. The first kappa shape index (κ1) is 27.0. The van der Waals surface area contributed by atoms with Crippen LogP contribution in [0.1, 0.15) is 25.0 Å². The molecule has 1 atom stereocenters. The Morgan fingerprint density at radius 2 is 1.79 bits per heavy atom. The van der Waals surface area contributed by atoms with Crippen molar-refractivity contribution in [3.8, 4) is 11.5 Å². The molecule has 0 aliphatic heterocycles. The van der Waals surface area contributed by atoms with Crippen LogP contribution in [-0.4, -0.2) is 64.7 Å². The van der Waals surface area contributed by atoms with Crippen molar-refractivity contribution in [3.63, 3.8) is 0 Å². The van der Waals surface area contributed by atoms with Crippen LogP contribution in [0.5, 0.6) is 11.5 Å². The number of benzene rings is 2. The van der Waals surface area contributed by atoms with Gasteiger partial charge in [-0.25, -0.2) is 8.42 Å². The Morgan fingerprint density at radius 3 is 2.38 bits per heavy atom. The van der Waals surface area contributed by atoms with E-state index in [1.165, 1.54) is 12.0 Å². The monoisotopic (exact) mass is 491 g/mol. The average Bonchev–Trinajstić information content (AvgIpc) is 2.79. The number of rotatable bonds is 11. The van der Waals surface area contributed by atoms with Crippen LogP contribution >= 0.6 is 0 Å². The van der Waals surface area contributed by atoms with Crippen LogP contribution in [0.2, 0.25) is 0 Å². The van der Waals surface area contributed by atoms with Gasteiger partial charge >= 0.3 is 0 Å². The van der Waals surface area contributed by atoms with Gasteiger partial charge in [0, 0.05) is 13.1 Å². The molecule has 0 saturated heterocycles. The standard InChI is InChI=1S/C24H33N3O6S/c1-7-25-24(29)18(3)26(15-19-9-8-10-20(14-19)32-4)23(28)16-27(34(6,30)31)21-13-17(2)11-12-22(21)33-5/h8-14,18H,7,15-16H2,1-6H3,(H,25,29). The summed E-state index contributed by atoms with van der Waals surface area (Å²) < 4.78 is 37.1. The third kappa shape index (κ3) is 6.86. The summed E-state index contributed by atoms with van der Waals surface area (Å²) in [6, 6.07) is 11.4. The van der Waals surface area contributed by atoms with E-state index in [2.05, 4.69) is 5.32 Å². The van der Waals surface area contributed by atoms with Gasteiger partial charge in [-0.15, -0.1) is 0 Å². The van der Waals surface area contributed by atoms with Gasteiger partial charge in [-0.05, 0) is 56.2 Å². The Kier molecular flexibility index (Phi) is 9.31. The lowest BCUT2D eigenvalue weighted by atomic mass is 10.1. The van der Waals surface area contributed by atoms with Gasteiger partial charge in [0.25, 0.3) is 0 Å². The van der Waals surface area contributed by atoms with Crippen LogP contribution in [0, 0.1) is 6.92 Å². The smallest absolute Gasteiger partial charge is 0.244 e. The lowest BCUT2D eigenvalue weighted by molar-refractivity contribution is -0.139. The summed E-state index contributed by atoms with van der Waals surface area (Å²) in [5.41, 5.74) is 1.80. The van der Waals surface area contributed by atoms with E-state index in [1.54, 1.807) is 57.4 Å². The molecule has 0 spiro atoms. The number of carbonyl (C=O) groups is 2. The molecule has 1 N–H and O–H groups in total. The molecular weight excluding hydrogens is 458 g/mol. The second kappa shape index (κ2) is 11.7. The molecule has 0 radical (unpaired) electrons. The molecule has 2 amide bonds. The fraction of sp³-hybridized carbons (Fsp3) is 0.417. The summed E-state index contributed by atoms with van der Waals surface area (Å²) in [5.74, 6) is 0.0612. The number of anilines is 1. The Labute approximate surface area is 201 Å². The van der Waals surface area contributed by atoms with Crippen molar-refractivity contribution >= 4 is 27.5 Å². The van der Waals surface area contributed by atoms with Crippen LogP contribution in [0.15, 0.2) is 42.5 Å². The van der Waals surface area contributed by atoms with E-state index in [-0.39, 0.29) is 18.1 Å². The van der Waals surface area contributed by atoms with Crippen LogP contribution in [-0.2, 0) is 26.2 Å². The zero-order valence-electron chi connectivity index (χ0n) is 20.5. The maximum Gasteiger partial charge on any atom is 0.244 e. The third-order valence-electron chi connectivity index (χ3n) is 5.29. The number of ether oxygens (including phenoxy) is 2. The molecule has 0 fully saturated rings. The number of hydrogen-bond donors (Lipinski definition) is 1. The number of carbonyl (C=O) groups excluding carboxylic acids is 2. The Bertz CT molecular complexity index is 1120. The van der Waals surface area contributed by atoms with Crippen molar-refractivity contribution in [2.75, 3.05) is 37.9 Å². The van der Waals surface area contributed by atoms with Crippen LogP contribution in [0.3, 0.4) is 0 Å². The van der Waals surface area contributed by atoms with Crippen LogP contribution < -0.4 is 19.1 Å². The maximum absolute atomic E-state index is 13.5. The van der Waals surface area contributed by atoms with Gasteiger partial charge in [0.05, 0.1) is 26.2 Å². The highest BCUT2D eigenvalue weighted by atomic mass is 32.2. The molecule has 10 heteroatoms. The van der Waals surface area contributed by atoms with Crippen molar-refractivity contribution < 1.29 is 27.5 Å². The molecule has 0 aromatic heterocycles. The number of likely N-dealkylation sites (N-methyl/N-ethyl adjacent to an activating group) is 1. The van der Waals surface area contributed by atoms with Crippen molar-refractivity contribution in [2.45, 2.75) is 33.4 Å². The molecule has 0 aliphatic carbocycles. The van der Waals surface area contributed by atoms with Crippen LogP contribution in [0.25, 0.3) is 0 Å². The predicted octanol–water partition coefficient (Wildman–Crippen LogP) is 2.33.